The molecular formula is C15H30N2. The quantitative estimate of drug-likeness (QED) is 0.819. The van der Waals surface area contributed by atoms with Gasteiger partial charge in [-0.25, -0.2) is 0 Å². The van der Waals surface area contributed by atoms with E-state index in [1.165, 1.54) is 44.9 Å². The van der Waals surface area contributed by atoms with Crippen LogP contribution in [0.1, 0.15) is 58.8 Å². The molecule has 2 aliphatic rings. The molecule has 0 radical (unpaired) electrons. The highest BCUT2D eigenvalue weighted by molar-refractivity contribution is 5.02. The lowest BCUT2D eigenvalue weighted by Crippen LogP contribution is -2.59. The Morgan fingerprint density at radius 2 is 1.82 bits per heavy atom. The predicted octanol–water partition coefficient (Wildman–Crippen LogP) is 3.01. The average molecular weight is 238 g/mol. The van der Waals surface area contributed by atoms with Crippen molar-refractivity contribution in [3.05, 3.63) is 0 Å². The van der Waals surface area contributed by atoms with E-state index in [1.807, 2.05) is 0 Å². The minimum absolute atomic E-state index is 0.302. The van der Waals surface area contributed by atoms with Crippen LogP contribution in [0.4, 0.5) is 0 Å². The number of nitrogens with zero attached hydrogens (tertiary/aromatic N) is 1. The van der Waals surface area contributed by atoms with Gasteiger partial charge in [-0.3, -0.25) is 4.90 Å². The van der Waals surface area contributed by atoms with Crippen LogP contribution < -0.4 is 5.73 Å². The maximum absolute atomic E-state index is 6.17. The number of hydrogen-bond donors (Lipinski definition) is 1. The molecule has 2 rings (SSSR count). The van der Waals surface area contributed by atoms with Crippen molar-refractivity contribution in [2.24, 2.45) is 17.6 Å². The van der Waals surface area contributed by atoms with Crippen LogP contribution in [0.3, 0.4) is 0 Å². The second kappa shape index (κ2) is 5.27. The van der Waals surface area contributed by atoms with Gasteiger partial charge in [0.2, 0.25) is 0 Å². The van der Waals surface area contributed by atoms with Crippen molar-refractivity contribution >= 4 is 0 Å². The lowest BCUT2D eigenvalue weighted by Gasteiger charge is -2.49. The highest BCUT2D eigenvalue weighted by atomic mass is 15.2. The first-order valence-electron chi connectivity index (χ1n) is 7.55. The van der Waals surface area contributed by atoms with E-state index in [0.717, 1.165) is 24.4 Å². The lowest BCUT2D eigenvalue weighted by molar-refractivity contribution is 0.0111. The standard InChI is InChI=1S/C15H30N2/c1-12-7-4-5-9-14(12)17(3)15(11-16)10-6-8-13(15)2/h12-14H,4-11,16H2,1-3H3. The molecule has 0 spiro atoms. The fraction of sp³-hybridized carbons (Fsp3) is 1.00. The van der Waals surface area contributed by atoms with Crippen LogP contribution in [0.25, 0.3) is 0 Å². The fourth-order valence-corrected chi connectivity index (χ4v) is 4.40. The first kappa shape index (κ1) is 13.4. The minimum Gasteiger partial charge on any atom is -0.329 e. The van der Waals surface area contributed by atoms with Gasteiger partial charge >= 0.3 is 0 Å². The van der Waals surface area contributed by atoms with Gasteiger partial charge in [0.05, 0.1) is 0 Å². The van der Waals surface area contributed by atoms with Gasteiger partial charge in [0.1, 0.15) is 0 Å². The summed E-state index contributed by atoms with van der Waals surface area (Å²) in [7, 11) is 2.35. The Kier molecular flexibility index (Phi) is 4.14. The first-order valence-corrected chi connectivity index (χ1v) is 7.55. The van der Waals surface area contributed by atoms with E-state index in [2.05, 4.69) is 25.8 Å². The van der Waals surface area contributed by atoms with Crippen LogP contribution in [0, 0.1) is 11.8 Å². The third-order valence-corrected chi connectivity index (χ3v) is 5.78. The summed E-state index contributed by atoms with van der Waals surface area (Å²) in [6.45, 7) is 5.68. The molecule has 2 heteroatoms. The third-order valence-electron chi connectivity index (χ3n) is 5.78. The summed E-state index contributed by atoms with van der Waals surface area (Å²) in [6, 6.07) is 0.771. The second-order valence-corrected chi connectivity index (χ2v) is 6.54. The fourth-order valence-electron chi connectivity index (χ4n) is 4.40. The molecule has 17 heavy (non-hydrogen) atoms. The van der Waals surface area contributed by atoms with Crippen LogP contribution in [-0.4, -0.2) is 30.1 Å². The van der Waals surface area contributed by atoms with E-state index >= 15 is 0 Å². The van der Waals surface area contributed by atoms with E-state index in [1.54, 1.807) is 0 Å². The zero-order valence-electron chi connectivity index (χ0n) is 11.9. The van der Waals surface area contributed by atoms with Crippen molar-refractivity contribution in [3.8, 4) is 0 Å². The highest BCUT2D eigenvalue weighted by Gasteiger charge is 2.45. The van der Waals surface area contributed by atoms with Gasteiger partial charge in [-0.15, -0.1) is 0 Å². The van der Waals surface area contributed by atoms with Crippen molar-refractivity contribution in [1.82, 2.24) is 4.90 Å². The summed E-state index contributed by atoms with van der Waals surface area (Å²) in [5.41, 5.74) is 6.47. The molecule has 0 aromatic rings. The smallest absolute Gasteiger partial charge is 0.0357 e. The Morgan fingerprint density at radius 1 is 1.12 bits per heavy atom. The summed E-state index contributed by atoms with van der Waals surface area (Å²) in [5.74, 6) is 1.62. The highest BCUT2D eigenvalue weighted by Crippen LogP contribution is 2.42. The Hall–Kier alpha value is -0.0800. The van der Waals surface area contributed by atoms with Crippen LogP contribution >= 0.6 is 0 Å². The summed E-state index contributed by atoms with van der Waals surface area (Å²) in [5, 5.41) is 0. The molecular weight excluding hydrogens is 208 g/mol. The summed E-state index contributed by atoms with van der Waals surface area (Å²) in [4.78, 5) is 2.69. The Labute approximate surface area is 107 Å². The molecule has 0 aromatic heterocycles. The predicted molar refractivity (Wildman–Crippen MR) is 74.0 cm³/mol. The van der Waals surface area contributed by atoms with Crippen molar-refractivity contribution in [2.45, 2.75) is 70.4 Å². The molecule has 2 aliphatic carbocycles. The topological polar surface area (TPSA) is 29.3 Å². The van der Waals surface area contributed by atoms with Crippen LogP contribution in [0.15, 0.2) is 0 Å². The molecule has 0 aromatic carbocycles. The normalized spacial score (nSPS) is 43.2. The van der Waals surface area contributed by atoms with Gasteiger partial charge < -0.3 is 5.73 Å². The van der Waals surface area contributed by atoms with E-state index in [4.69, 9.17) is 5.73 Å². The van der Waals surface area contributed by atoms with E-state index in [9.17, 15) is 0 Å². The van der Waals surface area contributed by atoms with Gasteiger partial charge in [0.25, 0.3) is 0 Å². The number of rotatable bonds is 3. The monoisotopic (exact) mass is 238 g/mol. The minimum atomic E-state index is 0.302. The SMILES string of the molecule is CC1CCCCC1N(C)C1(CN)CCCC1C. The van der Waals surface area contributed by atoms with Gasteiger partial charge in [-0.05, 0) is 44.6 Å². The van der Waals surface area contributed by atoms with E-state index in [0.29, 0.717) is 5.54 Å². The van der Waals surface area contributed by atoms with Gasteiger partial charge in [0, 0.05) is 18.1 Å². The molecule has 100 valence electrons. The molecule has 0 aliphatic heterocycles. The molecule has 0 saturated heterocycles. The zero-order valence-corrected chi connectivity index (χ0v) is 11.9. The molecule has 2 fully saturated rings. The summed E-state index contributed by atoms with van der Waals surface area (Å²) >= 11 is 0. The molecule has 0 heterocycles. The molecule has 2 N–H and O–H groups in total. The van der Waals surface area contributed by atoms with Crippen molar-refractivity contribution in [1.29, 1.82) is 0 Å². The number of nitrogens with two attached hydrogens (primary N) is 1. The lowest BCUT2D eigenvalue weighted by atomic mass is 9.79. The van der Waals surface area contributed by atoms with Crippen LogP contribution in [0.2, 0.25) is 0 Å². The Morgan fingerprint density at radius 3 is 2.35 bits per heavy atom. The molecule has 2 saturated carbocycles. The summed E-state index contributed by atoms with van der Waals surface area (Å²) < 4.78 is 0. The maximum Gasteiger partial charge on any atom is 0.0357 e. The third kappa shape index (κ3) is 2.26. The van der Waals surface area contributed by atoms with Crippen molar-refractivity contribution < 1.29 is 0 Å². The Balaban J connectivity index is 2.13. The van der Waals surface area contributed by atoms with Crippen LogP contribution in [0.5, 0.6) is 0 Å². The first-order chi connectivity index (χ1) is 8.12. The van der Waals surface area contributed by atoms with Crippen molar-refractivity contribution in [2.75, 3.05) is 13.6 Å². The zero-order chi connectivity index (χ0) is 12.5. The van der Waals surface area contributed by atoms with Crippen LogP contribution in [-0.2, 0) is 0 Å². The molecule has 4 atom stereocenters. The maximum atomic E-state index is 6.17. The molecule has 0 bridgehead atoms. The number of hydrogen-bond acceptors (Lipinski definition) is 2. The molecule has 4 unspecified atom stereocenters. The van der Waals surface area contributed by atoms with Gasteiger partial charge in [0.15, 0.2) is 0 Å². The summed E-state index contributed by atoms with van der Waals surface area (Å²) in [6.07, 6.45) is 9.66. The Bertz CT molecular complexity index is 253. The average Bonchev–Trinajstić information content (AvgIpc) is 2.71. The molecule has 0 amide bonds. The van der Waals surface area contributed by atoms with E-state index in [-0.39, 0.29) is 0 Å². The van der Waals surface area contributed by atoms with E-state index < -0.39 is 0 Å². The van der Waals surface area contributed by atoms with Crippen molar-refractivity contribution in [3.63, 3.8) is 0 Å². The largest absolute Gasteiger partial charge is 0.329 e. The molecule has 2 nitrogen and oxygen atoms in total. The number of likely N-dealkylation sites (N-methyl/N-ethyl adjacent to an activating group) is 1. The van der Waals surface area contributed by atoms with Gasteiger partial charge in [-0.1, -0.05) is 33.1 Å². The van der Waals surface area contributed by atoms with Gasteiger partial charge in [-0.2, -0.15) is 0 Å². The second-order valence-electron chi connectivity index (χ2n) is 6.54.